The van der Waals surface area contributed by atoms with E-state index in [0.29, 0.717) is 35.5 Å². The molecule has 0 radical (unpaired) electrons. The van der Waals surface area contributed by atoms with Gasteiger partial charge in [0.1, 0.15) is 18.1 Å². The largest absolute Gasteiger partial charge is 0.487 e. The van der Waals surface area contributed by atoms with Crippen LogP contribution in [-0.4, -0.2) is 37.9 Å². The van der Waals surface area contributed by atoms with E-state index < -0.39 is 34.8 Å². The third-order valence-electron chi connectivity index (χ3n) is 5.83. The Morgan fingerprint density at radius 2 is 1.76 bits per heavy atom. The maximum atomic E-state index is 14.0. The minimum Gasteiger partial charge on any atom is -0.487 e. The predicted molar refractivity (Wildman–Crippen MR) is 133 cm³/mol. The van der Waals surface area contributed by atoms with Crippen LogP contribution in [0.4, 0.5) is 22.0 Å². The number of alkyl halides is 4. The molecule has 0 unspecified atom stereocenters. The molecule has 1 heterocycles. The summed E-state index contributed by atoms with van der Waals surface area (Å²) in [7, 11) is -4.01. The molecule has 0 bridgehead atoms. The summed E-state index contributed by atoms with van der Waals surface area (Å²) in [5.74, 6) is -4.77. The fourth-order valence-electron chi connectivity index (χ4n) is 3.89. The van der Waals surface area contributed by atoms with Crippen LogP contribution in [0.25, 0.3) is 10.9 Å². The van der Waals surface area contributed by atoms with Crippen LogP contribution in [0.2, 0.25) is 5.02 Å². The van der Waals surface area contributed by atoms with Crippen LogP contribution in [0.3, 0.4) is 0 Å². The van der Waals surface area contributed by atoms with Gasteiger partial charge < -0.3 is 10.1 Å². The van der Waals surface area contributed by atoms with E-state index in [1.165, 1.54) is 60.8 Å². The van der Waals surface area contributed by atoms with E-state index in [9.17, 15) is 30.4 Å². The van der Waals surface area contributed by atoms with Gasteiger partial charge in [-0.25, -0.2) is 25.6 Å². The molecular formula is C26H23ClF5N2O3S+. The molecule has 0 saturated heterocycles. The second-order valence-corrected chi connectivity index (χ2v) is 10.9. The smallest absolute Gasteiger partial charge is 0.340 e. The van der Waals surface area contributed by atoms with E-state index in [1.807, 2.05) is 5.32 Å². The van der Waals surface area contributed by atoms with Crippen LogP contribution in [0.5, 0.6) is 5.75 Å². The van der Waals surface area contributed by atoms with Gasteiger partial charge in [0.15, 0.2) is 6.61 Å². The van der Waals surface area contributed by atoms with Gasteiger partial charge in [-0.05, 0) is 60.2 Å². The number of nitrogens with two attached hydrogens (primary N) is 1. The third kappa shape index (κ3) is 6.28. The Morgan fingerprint density at radius 3 is 2.47 bits per heavy atom. The van der Waals surface area contributed by atoms with Crippen molar-refractivity contribution >= 4 is 32.5 Å². The van der Waals surface area contributed by atoms with Crippen molar-refractivity contribution in [2.24, 2.45) is 0 Å². The monoisotopic (exact) mass is 573 g/mol. The molecule has 0 aliphatic carbocycles. The molecule has 12 heteroatoms. The zero-order valence-corrected chi connectivity index (χ0v) is 21.3. The molecule has 0 amide bonds. The Balaban J connectivity index is 1.45. The summed E-state index contributed by atoms with van der Waals surface area (Å²) in [4.78, 5) is 0.00888. The number of fused-ring (bicyclic) bond motifs is 1. The zero-order valence-electron chi connectivity index (χ0n) is 19.8. The molecule has 0 saturated carbocycles. The second-order valence-electron chi connectivity index (χ2n) is 8.60. The van der Waals surface area contributed by atoms with E-state index in [1.54, 1.807) is 12.1 Å². The van der Waals surface area contributed by atoms with Gasteiger partial charge in [0.25, 0.3) is 10.0 Å². The molecule has 0 aliphatic heterocycles. The summed E-state index contributed by atoms with van der Waals surface area (Å²) in [5.41, 5.74) is 1.62. The minimum atomic E-state index is -4.24. The SMILES string of the molecule is O=S(=O)(c1ccc(Cl)cc1)n1cc(CC[NH2+]Cc2cccc(OCC(F)(F)C(F)F)c2)c2ccc(F)cc21. The lowest BCUT2D eigenvalue weighted by atomic mass is 10.1. The fraction of sp³-hybridized carbons (Fsp3) is 0.231. The number of hydrogen-bond acceptors (Lipinski definition) is 3. The van der Waals surface area contributed by atoms with E-state index in [2.05, 4.69) is 0 Å². The van der Waals surface area contributed by atoms with Crippen LogP contribution in [0.1, 0.15) is 11.1 Å². The molecule has 0 fully saturated rings. The summed E-state index contributed by atoms with van der Waals surface area (Å²) in [6.07, 6.45) is -1.90. The van der Waals surface area contributed by atoms with Gasteiger partial charge in [-0.2, -0.15) is 8.78 Å². The highest BCUT2D eigenvalue weighted by atomic mass is 35.5. The average molecular weight is 574 g/mol. The number of aromatic nitrogens is 1. The Morgan fingerprint density at radius 1 is 1.03 bits per heavy atom. The van der Waals surface area contributed by atoms with E-state index in [0.717, 1.165) is 9.54 Å². The van der Waals surface area contributed by atoms with Crippen LogP contribution in [0, 0.1) is 5.82 Å². The van der Waals surface area contributed by atoms with Crippen molar-refractivity contribution in [1.82, 2.24) is 3.97 Å². The topological polar surface area (TPSA) is 64.9 Å². The van der Waals surface area contributed by atoms with Crippen molar-refractivity contribution in [3.63, 3.8) is 0 Å². The van der Waals surface area contributed by atoms with E-state index >= 15 is 0 Å². The Bertz CT molecular complexity index is 1530. The van der Waals surface area contributed by atoms with Crippen LogP contribution in [0.15, 0.2) is 77.8 Å². The number of benzene rings is 3. The van der Waals surface area contributed by atoms with Crippen molar-refractivity contribution in [1.29, 1.82) is 0 Å². The maximum absolute atomic E-state index is 14.0. The number of quaternary nitrogens is 1. The van der Waals surface area contributed by atoms with Crippen molar-refractivity contribution in [3.05, 3.63) is 94.9 Å². The van der Waals surface area contributed by atoms with Crippen molar-refractivity contribution in [2.75, 3.05) is 13.2 Å². The highest BCUT2D eigenvalue weighted by Crippen LogP contribution is 2.28. The Kier molecular flexibility index (Phi) is 8.29. The standard InChI is InChI=1S/C26H22ClF5N2O3S/c27-19-4-7-22(8-5-19)38(35,36)34-15-18(23-9-6-20(28)13-24(23)34)10-11-33-14-17-2-1-3-21(12-17)37-16-26(31,32)25(29)30/h1-9,12-13,15,25,33H,10-11,14,16H2/p+1. The molecule has 5 nitrogen and oxygen atoms in total. The Labute approximate surface area is 220 Å². The molecule has 202 valence electrons. The van der Waals surface area contributed by atoms with Crippen LogP contribution < -0.4 is 10.1 Å². The van der Waals surface area contributed by atoms with Crippen molar-refractivity contribution < 1.29 is 40.4 Å². The number of nitrogens with zero attached hydrogens (tertiary/aromatic N) is 1. The molecule has 4 rings (SSSR count). The zero-order chi connectivity index (χ0) is 27.5. The molecule has 2 N–H and O–H groups in total. The van der Waals surface area contributed by atoms with E-state index in [4.69, 9.17) is 16.3 Å². The first-order valence-electron chi connectivity index (χ1n) is 11.5. The van der Waals surface area contributed by atoms with Crippen molar-refractivity contribution in [3.8, 4) is 5.75 Å². The predicted octanol–water partition coefficient (Wildman–Crippen LogP) is 5.26. The summed E-state index contributed by atoms with van der Waals surface area (Å²) in [5, 5.41) is 2.88. The minimum absolute atomic E-state index is 0.00888. The van der Waals surface area contributed by atoms with Gasteiger partial charge in [-0.1, -0.05) is 23.7 Å². The van der Waals surface area contributed by atoms with Gasteiger partial charge in [0, 0.05) is 28.6 Å². The van der Waals surface area contributed by atoms with Gasteiger partial charge in [-0.15, -0.1) is 0 Å². The number of halogens is 6. The Hall–Kier alpha value is -3.15. The van der Waals surface area contributed by atoms with Crippen molar-refractivity contribution in [2.45, 2.75) is 30.2 Å². The lowest BCUT2D eigenvalue weighted by Gasteiger charge is -2.16. The van der Waals surface area contributed by atoms with Crippen LogP contribution in [-0.2, 0) is 23.0 Å². The molecule has 38 heavy (non-hydrogen) atoms. The van der Waals surface area contributed by atoms with Gasteiger partial charge in [0.05, 0.1) is 17.0 Å². The molecule has 1 aromatic heterocycles. The normalized spacial score (nSPS) is 12.4. The van der Waals surface area contributed by atoms with E-state index in [-0.39, 0.29) is 16.2 Å². The van der Waals surface area contributed by atoms with Gasteiger partial charge in [-0.3, -0.25) is 0 Å². The molecule has 4 aromatic rings. The third-order valence-corrected chi connectivity index (χ3v) is 7.77. The summed E-state index contributed by atoms with van der Waals surface area (Å²) in [6, 6.07) is 15.8. The summed E-state index contributed by atoms with van der Waals surface area (Å²) >= 11 is 5.88. The van der Waals surface area contributed by atoms with Gasteiger partial charge >= 0.3 is 12.3 Å². The fourth-order valence-corrected chi connectivity index (χ4v) is 5.40. The quantitative estimate of drug-likeness (QED) is 0.197. The first-order chi connectivity index (χ1) is 18.0. The number of hydrogen-bond donors (Lipinski definition) is 1. The highest BCUT2D eigenvalue weighted by Gasteiger charge is 2.41. The molecule has 3 aromatic carbocycles. The summed E-state index contributed by atoms with van der Waals surface area (Å²) in [6.45, 7) is -0.480. The maximum Gasteiger partial charge on any atom is 0.340 e. The second kappa shape index (κ2) is 11.3. The van der Waals surface area contributed by atoms with Crippen LogP contribution >= 0.6 is 11.6 Å². The highest BCUT2D eigenvalue weighted by molar-refractivity contribution is 7.90. The lowest BCUT2D eigenvalue weighted by molar-refractivity contribution is -0.670. The molecule has 0 atom stereocenters. The lowest BCUT2D eigenvalue weighted by Crippen LogP contribution is -2.83. The molecular weight excluding hydrogens is 551 g/mol. The summed E-state index contributed by atoms with van der Waals surface area (Å²) < 4.78 is 97.4. The molecule has 0 spiro atoms. The molecule has 0 aliphatic rings. The average Bonchev–Trinajstić information content (AvgIpc) is 3.24. The number of ether oxygens (including phenoxy) is 1. The first-order valence-corrected chi connectivity index (χ1v) is 13.3. The van der Waals surface area contributed by atoms with Gasteiger partial charge in [0.2, 0.25) is 0 Å². The first kappa shape index (κ1) is 27.9. The number of rotatable bonds is 11.